The van der Waals surface area contributed by atoms with Crippen molar-refractivity contribution in [3.05, 3.63) is 59.3 Å². The van der Waals surface area contributed by atoms with Crippen LogP contribution in [0.25, 0.3) is 17.3 Å². The van der Waals surface area contributed by atoms with Crippen molar-refractivity contribution < 1.29 is 8.83 Å². The predicted octanol–water partition coefficient (Wildman–Crippen LogP) is 3.43. The monoisotopic (exact) mass is 408 g/mol. The van der Waals surface area contributed by atoms with E-state index in [9.17, 15) is 5.26 Å². The van der Waals surface area contributed by atoms with Gasteiger partial charge in [-0.2, -0.15) is 10.2 Å². The van der Waals surface area contributed by atoms with Crippen molar-refractivity contribution in [1.82, 2.24) is 19.3 Å². The Bertz CT molecular complexity index is 1180. The summed E-state index contributed by atoms with van der Waals surface area (Å²) >= 11 is 6.05. The van der Waals surface area contributed by atoms with Gasteiger partial charge in [-0.25, -0.2) is 4.98 Å². The first-order chi connectivity index (χ1) is 14.2. The van der Waals surface area contributed by atoms with Crippen molar-refractivity contribution in [3.8, 4) is 17.7 Å². The number of piperazine rings is 1. The Morgan fingerprint density at radius 2 is 1.97 bits per heavy atom. The number of hydrogen-bond donors (Lipinski definition) is 0. The SMILES string of the molecule is N#Cc1nc(-c2ccco2)oc1N1CCN(Cc2cn3cc(Cl)ccc3n2)CC1. The summed E-state index contributed by atoms with van der Waals surface area (Å²) < 4.78 is 13.1. The van der Waals surface area contributed by atoms with Gasteiger partial charge in [0.05, 0.1) is 17.0 Å². The molecular formula is C20H17ClN6O2. The van der Waals surface area contributed by atoms with E-state index in [0.717, 1.165) is 44.1 Å². The zero-order valence-corrected chi connectivity index (χ0v) is 16.2. The second-order valence-corrected chi connectivity index (χ2v) is 7.31. The highest BCUT2D eigenvalue weighted by Gasteiger charge is 2.25. The molecule has 9 heteroatoms. The number of imidazole rings is 1. The van der Waals surface area contributed by atoms with Crippen LogP contribution in [0.2, 0.25) is 5.02 Å². The van der Waals surface area contributed by atoms with Crippen molar-refractivity contribution in [1.29, 1.82) is 5.26 Å². The summed E-state index contributed by atoms with van der Waals surface area (Å²) in [7, 11) is 0. The lowest BCUT2D eigenvalue weighted by Crippen LogP contribution is -2.46. The molecule has 5 rings (SSSR count). The number of pyridine rings is 1. The van der Waals surface area contributed by atoms with E-state index >= 15 is 0 Å². The van der Waals surface area contributed by atoms with E-state index in [0.29, 0.717) is 22.6 Å². The number of nitriles is 1. The largest absolute Gasteiger partial charge is 0.459 e. The van der Waals surface area contributed by atoms with Crippen LogP contribution in [0, 0.1) is 11.3 Å². The number of nitrogens with zero attached hydrogens (tertiary/aromatic N) is 6. The molecule has 29 heavy (non-hydrogen) atoms. The van der Waals surface area contributed by atoms with Crippen LogP contribution in [0.1, 0.15) is 11.4 Å². The first kappa shape index (κ1) is 17.8. The molecule has 0 atom stereocenters. The molecule has 0 spiro atoms. The molecule has 1 fully saturated rings. The third-order valence-electron chi connectivity index (χ3n) is 4.96. The van der Waals surface area contributed by atoms with Crippen molar-refractivity contribution in [2.45, 2.75) is 6.54 Å². The Balaban J connectivity index is 1.27. The van der Waals surface area contributed by atoms with Crippen LogP contribution in [0.15, 0.2) is 51.8 Å². The lowest BCUT2D eigenvalue weighted by Gasteiger charge is -2.34. The average molecular weight is 409 g/mol. The zero-order valence-electron chi connectivity index (χ0n) is 15.5. The predicted molar refractivity (Wildman–Crippen MR) is 107 cm³/mol. The second-order valence-electron chi connectivity index (χ2n) is 6.87. The lowest BCUT2D eigenvalue weighted by atomic mass is 10.3. The fourth-order valence-corrected chi connectivity index (χ4v) is 3.70. The fraction of sp³-hybridized carbons (Fsp3) is 0.250. The molecule has 0 unspecified atom stereocenters. The standard InChI is InChI=1S/C20H17ClN6O2/c21-14-3-4-18-23-15(13-27(18)11-14)12-25-5-7-26(8-6-25)20-16(10-22)24-19(29-20)17-2-1-9-28-17/h1-4,9,11,13H,5-8,12H2. The molecule has 0 saturated carbocycles. The van der Waals surface area contributed by atoms with Gasteiger partial charge in [-0.15, -0.1) is 0 Å². The highest BCUT2D eigenvalue weighted by atomic mass is 35.5. The van der Waals surface area contributed by atoms with Crippen molar-refractivity contribution in [2.24, 2.45) is 0 Å². The molecule has 1 saturated heterocycles. The van der Waals surface area contributed by atoms with Gasteiger partial charge in [-0.3, -0.25) is 4.90 Å². The Kier molecular flexibility index (Phi) is 4.46. The molecule has 146 valence electrons. The summed E-state index contributed by atoms with van der Waals surface area (Å²) in [6.07, 6.45) is 5.42. The Morgan fingerprint density at radius 1 is 1.10 bits per heavy atom. The van der Waals surface area contributed by atoms with Gasteiger partial charge in [0.2, 0.25) is 11.6 Å². The van der Waals surface area contributed by atoms with Crippen LogP contribution in [-0.2, 0) is 6.54 Å². The maximum atomic E-state index is 9.44. The van der Waals surface area contributed by atoms with Gasteiger partial charge in [0.15, 0.2) is 5.76 Å². The first-order valence-electron chi connectivity index (χ1n) is 9.25. The van der Waals surface area contributed by atoms with E-state index in [4.69, 9.17) is 20.4 Å². The molecule has 8 nitrogen and oxygen atoms in total. The normalized spacial score (nSPS) is 15.1. The van der Waals surface area contributed by atoms with Gasteiger partial charge in [0.1, 0.15) is 11.7 Å². The molecule has 1 aliphatic heterocycles. The van der Waals surface area contributed by atoms with Gasteiger partial charge >= 0.3 is 0 Å². The minimum atomic E-state index is 0.280. The van der Waals surface area contributed by atoms with Crippen LogP contribution in [0.4, 0.5) is 5.88 Å². The number of fused-ring (bicyclic) bond motifs is 1. The summed E-state index contributed by atoms with van der Waals surface area (Å²) in [5.74, 6) is 1.34. The van der Waals surface area contributed by atoms with Crippen molar-refractivity contribution in [3.63, 3.8) is 0 Å². The number of aromatic nitrogens is 3. The van der Waals surface area contributed by atoms with Crippen LogP contribution in [0.5, 0.6) is 0 Å². The molecule has 5 heterocycles. The van der Waals surface area contributed by atoms with Gasteiger partial charge in [0.25, 0.3) is 5.89 Å². The van der Waals surface area contributed by atoms with Crippen LogP contribution >= 0.6 is 11.6 Å². The van der Waals surface area contributed by atoms with E-state index in [2.05, 4.69) is 25.8 Å². The summed E-state index contributed by atoms with van der Waals surface area (Å²) in [4.78, 5) is 13.3. The van der Waals surface area contributed by atoms with Crippen molar-refractivity contribution >= 4 is 23.1 Å². The average Bonchev–Trinajstić information content (AvgIpc) is 3.47. The summed E-state index contributed by atoms with van der Waals surface area (Å²) in [5.41, 5.74) is 2.16. The van der Waals surface area contributed by atoms with Crippen LogP contribution in [0.3, 0.4) is 0 Å². The second kappa shape index (κ2) is 7.28. The molecule has 1 aliphatic rings. The summed E-state index contributed by atoms with van der Waals surface area (Å²) in [6.45, 7) is 3.89. The molecule has 0 radical (unpaired) electrons. The lowest BCUT2D eigenvalue weighted by molar-refractivity contribution is 0.244. The van der Waals surface area contributed by atoms with Crippen LogP contribution in [-0.4, -0.2) is 45.4 Å². The van der Waals surface area contributed by atoms with Gasteiger partial charge in [0, 0.05) is 45.1 Å². The smallest absolute Gasteiger partial charge is 0.266 e. The molecule has 4 aromatic rings. The number of rotatable bonds is 4. The van der Waals surface area contributed by atoms with Gasteiger partial charge in [-0.05, 0) is 24.3 Å². The summed E-state index contributed by atoms with van der Waals surface area (Å²) in [6, 6.07) is 9.39. The minimum Gasteiger partial charge on any atom is -0.459 e. The molecule has 0 bridgehead atoms. The Hall–Kier alpha value is -3.28. The quantitative estimate of drug-likeness (QED) is 0.511. The fourth-order valence-electron chi connectivity index (χ4n) is 3.54. The molecule has 0 N–H and O–H groups in total. The maximum Gasteiger partial charge on any atom is 0.266 e. The minimum absolute atomic E-state index is 0.280. The Labute approximate surface area is 171 Å². The number of oxazole rings is 1. The van der Waals surface area contributed by atoms with E-state index in [-0.39, 0.29) is 5.69 Å². The topological polar surface area (TPSA) is 86.7 Å². The summed E-state index contributed by atoms with van der Waals surface area (Å²) in [5, 5.41) is 10.1. The number of furan rings is 1. The molecule has 0 amide bonds. The van der Waals surface area contributed by atoms with Crippen LogP contribution < -0.4 is 4.90 Å². The number of hydrogen-bond acceptors (Lipinski definition) is 7. The van der Waals surface area contributed by atoms with E-state index in [1.54, 1.807) is 18.4 Å². The highest BCUT2D eigenvalue weighted by Crippen LogP contribution is 2.29. The van der Waals surface area contributed by atoms with E-state index in [1.807, 2.05) is 28.9 Å². The molecule has 4 aromatic heterocycles. The van der Waals surface area contributed by atoms with Crippen molar-refractivity contribution in [2.75, 3.05) is 31.1 Å². The number of anilines is 1. The van der Waals surface area contributed by atoms with E-state index < -0.39 is 0 Å². The third-order valence-corrected chi connectivity index (χ3v) is 5.18. The first-order valence-corrected chi connectivity index (χ1v) is 9.62. The van der Waals surface area contributed by atoms with E-state index in [1.165, 1.54) is 0 Å². The number of halogens is 1. The molecule has 0 aromatic carbocycles. The molecular weight excluding hydrogens is 392 g/mol. The molecule has 0 aliphatic carbocycles. The maximum absolute atomic E-state index is 9.44. The zero-order chi connectivity index (χ0) is 19.8. The van der Waals surface area contributed by atoms with Gasteiger partial charge in [-0.1, -0.05) is 11.6 Å². The highest BCUT2D eigenvalue weighted by molar-refractivity contribution is 6.30. The third kappa shape index (κ3) is 3.46. The van der Waals surface area contributed by atoms with Gasteiger partial charge < -0.3 is 18.1 Å². The Morgan fingerprint density at radius 3 is 2.72 bits per heavy atom.